The van der Waals surface area contributed by atoms with Crippen LogP contribution in [0.4, 0.5) is 11.4 Å². The number of aliphatic hydroxyl groups is 1. The second kappa shape index (κ2) is 9.68. The summed E-state index contributed by atoms with van der Waals surface area (Å²) in [6, 6.07) is 3.64. The summed E-state index contributed by atoms with van der Waals surface area (Å²) >= 11 is 0. The largest absolute Gasteiger partial charge is 0.452 e. The molecule has 1 heterocycles. The van der Waals surface area contributed by atoms with E-state index in [4.69, 9.17) is 14.6 Å². The molecule has 1 aliphatic rings. The summed E-state index contributed by atoms with van der Waals surface area (Å²) in [6.45, 7) is 0.479. The molecule has 0 radical (unpaired) electrons. The van der Waals surface area contributed by atoms with Crippen LogP contribution in [0.15, 0.2) is 18.2 Å². The van der Waals surface area contributed by atoms with Crippen molar-refractivity contribution in [3.8, 4) is 0 Å². The number of aliphatic hydroxyl groups excluding tert-OH is 1. The molecule has 0 saturated carbocycles. The summed E-state index contributed by atoms with van der Waals surface area (Å²) in [7, 11) is 0. The van der Waals surface area contributed by atoms with E-state index in [1.807, 2.05) is 0 Å². The van der Waals surface area contributed by atoms with Crippen LogP contribution < -0.4 is 10.6 Å². The van der Waals surface area contributed by atoms with Crippen molar-refractivity contribution in [2.75, 3.05) is 38.2 Å². The van der Waals surface area contributed by atoms with Crippen molar-refractivity contribution in [3.05, 3.63) is 33.9 Å². The van der Waals surface area contributed by atoms with E-state index >= 15 is 0 Å². The zero-order valence-electron chi connectivity index (χ0n) is 14.1. The number of esters is 1. The summed E-state index contributed by atoms with van der Waals surface area (Å²) in [5, 5.41) is 25.2. The molecular formula is C16H21N3O7. The fraction of sp³-hybridized carbons (Fsp3) is 0.500. The molecule has 0 bridgehead atoms. The van der Waals surface area contributed by atoms with Crippen LogP contribution in [0, 0.1) is 10.1 Å². The van der Waals surface area contributed by atoms with Crippen molar-refractivity contribution in [1.29, 1.82) is 0 Å². The maximum Gasteiger partial charge on any atom is 0.341 e. The van der Waals surface area contributed by atoms with Crippen LogP contribution >= 0.6 is 0 Å². The third-order valence-electron chi connectivity index (χ3n) is 3.75. The van der Waals surface area contributed by atoms with E-state index < -0.39 is 23.4 Å². The molecule has 0 aliphatic carbocycles. The number of non-ortho nitro benzene ring substituents is 1. The Morgan fingerprint density at radius 3 is 2.88 bits per heavy atom. The summed E-state index contributed by atoms with van der Waals surface area (Å²) in [4.78, 5) is 34.2. The van der Waals surface area contributed by atoms with Crippen molar-refractivity contribution >= 4 is 23.3 Å². The number of ether oxygens (including phenoxy) is 2. The molecule has 1 amide bonds. The molecule has 26 heavy (non-hydrogen) atoms. The Bertz CT molecular complexity index is 659. The third kappa shape index (κ3) is 5.67. The van der Waals surface area contributed by atoms with Gasteiger partial charge in [-0.3, -0.25) is 14.9 Å². The second-order valence-corrected chi connectivity index (χ2v) is 5.65. The van der Waals surface area contributed by atoms with E-state index in [-0.39, 0.29) is 36.2 Å². The number of nitrogens with one attached hydrogen (secondary N) is 2. The van der Waals surface area contributed by atoms with Gasteiger partial charge < -0.3 is 25.2 Å². The van der Waals surface area contributed by atoms with Gasteiger partial charge >= 0.3 is 5.97 Å². The number of anilines is 1. The lowest BCUT2D eigenvalue weighted by Crippen LogP contribution is -2.34. The molecule has 1 atom stereocenters. The minimum atomic E-state index is -0.874. The molecule has 10 nitrogen and oxygen atoms in total. The fourth-order valence-corrected chi connectivity index (χ4v) is 2.45. The van der Waals surface area contributed by atoms with Crippen LogP contribution in [0.25, 0.3) is 0 Å². The van der Waals surface area contributed by atoms with Gasteiger partial charge in [-0.1, -0.05) is 0 Å². The van der Waals surface area contributed by atoms with Gasteiger partial charge in [-0.25, -0.2) is 4.79 Å². The number of rotatable bonds is 9. The van der Waals surface area contributed by atoms with E-state index in [1.54, 1.807) is 0 Å². The highest BCUT2D eigenvalue weighted by Gasteiger charge is 2.20. The Balaban J connectivity index is 1.94. The number of benzene rings is 1. The Morgan fingerprint density at radius 2 is 2.23 bits per heavy atom. The quantitative estimate of drug-likeness (QED) is 0.325. The third-order valence-corrected chi connectivity index (χ3v) is 3.75. The molecule has 1 fully saturated rings. The number of carbonyl (C=O) groups excluding carboxylic acids is 2. The van der Waals surface area contributed by atoms with Crippen LogP contribution in [0.2, 0.25) is 0 Å². The molecule has 0 spiro atoms. The maximum atomic E-state index is 12.2. The highest BCUT2D eigenvalue weighted by Crippen LogP contribution is 2.23. The van der Waals surface area contributed by atoms with Gasteiger partial charge in [0, 0.05) is 37.5 Å². The van der Waals surface area contributed by atoms with Crippen LogP contribution in [0.5, 0.6) is 0 Å². The lowest BCUT2D eigenvalue weighted by atomic mass is 10.1. The molecule has 0 unspecified atom stereocenters. The first kappa shape index (κ1) is 19.6. The fourth-order valence-electron chi connectivity index (χ4n) is 2.45. The minimum absolute atomic E-state index is 0.0271. The minimum Gasteiger partial charge on any atom is -0.452 e. The number of carbonyl (C=O) groups is 2. The summed E-state index contributed by atoms with van der Waals surface area (Å²) in [6.07, 6.45) is 1.79. The molecule has 1 aliphatic heterocycles. The van der Waals surface area contributed by atoms with E-state index in [9.17, 15) is 19.7 Å². The van der Waals surface area contributed by atoms with Crippen molar-refractivity contribution < 1.29 is 29.1 Å². The smallest absolute Gasteiger partial charge is 0.341 e. The molecule has 1 saturated heterocycles. The second-order valence-electron chi connectivity index (χ2n) is 5.65. The van der Waals surface area contributed by atoms with Crippen molar-refractivity contribution in [1.82, 2.24) is 5.32 Å². The van der Waals surface area contributed by atoms with Gasteiger partial charge in [0.15, 0.2) is 6.61 Å². The Kier molecular flexibility index (Phi) is 7.30. The standard InChI is InChI=1S/C16H21N3O7/c20-6-5-17-14-4-3-11(19(23)24)8-13(14)16(22)26-10-15(21)18-9-12-2-1-7-25-12/h3-4,8,12,17,20H,1-2,5-7,9-10H2,(H,18,21)/t12-/m1/s1. The van der Waals surface area contributed by atoms with E-state index in [0.717, 1.165) is 18.9 Å². The average molecular weight is 367 g/mol. The van der Waals surface area contributed by atoms with Crippen molar-refractivity contribution in [2.24, 2.45) is 0 Å². The number of amides is 1. The van der Waals surface area contributed by atoms with Crippen LogP contribution in [-0.2, 0) is 14.3 Å². The van der Waals surface area contributed by atoms with E-state index in [1.165, 1.54) is 12.1 Å². The van der Waals surface area contributed by atoms with Gasteiger partial charge in [0.1, 0.15) is 0 Å². The van der Waals surface area contributed by atoms with Gasteiger partial charge in [-0.05, 0) is 18.9 Å². The number of nitro benzene ring substituents is 1. The van der Waals surface area contributed by atoms with Crippen molar-refractivity contribution in [3.63, 3.8) is 0 Å². The zero-order chi connectivity index (χ0) is 18.9. The maximum absolute atomic E-state index is 12.2. The molecule has 1 aromatic carbocycles. The monoisotopic (exact) mass is 367 g/mol. The number of hydrogen-bond donors (Lipinski definition) is 3. The topological polar surface area (TPSA) is 140 Å². The predicted octanol–water partition coefficient (Wildman–Crippen LogP) is 0.451. The van der Waals surface area contributed by atoms with Crippen LogP contribution in [0.3, 0.4) is 0 Å². The number of hydrogen-bond acceptors (Lipinski definition) is 8. The predicted molar refractivity (Wildman–Crippen MR) is 90.9 cm³/mol. The Labute approximate surface area is 149 Å². The molecule has 3 N–H and O–H groups in total. The molecule has 0 aromatic heterocycles. The molecule has 1 aromatic rings. The van der Waals surface area contributed by atoms with E-state index in [0.29, 0.717) is 13.2 Å². The molecule has 10 heteroatoms. The van der Waals surface area contributed by atoms with Gasteiger partial charge in [-0.2, -0.15) is 0 Å². The number of nitrogens with zero attached hydrogens (tertiary/aromatic N) is 1. The summed E-state index contributed by atoms with van der Waals surface area (Å²) in [5.41, 5.74) is -0.0941. The van der Waals surface area contributed by atoms with Gasteiger partial charge in [0.2, 0.25) is 0 Å². The lowest BCUT2D eigenvalue weighted by molar-refractivity contribution is -0.384. The normalized spacial score (nSPS) is 16.1. The first-order valence-corrected chi connectivity index (χ1v) is 8.20. The first-order chi connectivity index (χ1) is 12.5. The van der Waals surface area contributed by atoms with Gasteiger partial charge in [-0.15, -0.1) is 0 Å². The van der Waals surface area contributed by atoms with Crippen LogP contribution in [0.1, 0.15) is 23.2 Å². The number of nitro groups is 1. The van der Waals surface area contributed by atoms with E-state index in [2.05, 4.69) is 10.6 Å². The summed E-state index contributed by atoms with van der Waals surface area (Å²) < 4.78 is 10.3. The lowest BCUT2D eigenvalue weighted by Gasteiger charge is -2.12. The Morgan fingerprint density at radius 1 is 1.42 bits per heavy atom. The zero-order valence-corrected chi connectivity index (χ0v) is 14.1. The average Bonchev–Trinajstić information content (AvgIpc) is 3.16. The first-order valence-electron chi connectivity index (χ1n) is 8.20. The van der Waals surface area contributed by atoms with Gasteiger partial charge in [0.25, 0.3) is 11.6 Å². The Hall–Kier alpha value is -2.72. The highest BCUT2D eigenvalue weighted by molar-refractivity contribution is 5.97. The van der Waals surface area contributed by atoms with Gasteiger partial charge in [0.05, 0.1) is 23.2 Å². The highest BCUT2D eigenvalue weighted by atomic mass is 16.6. The van der Waals surface area contributed by atoms with Crippen LogP contribution in [-0.4, -0.2) is 60.9 Å². The summed E-state index contributed by atoms with van der Waals surface area (Å²) in [5.74, 6) is -1.36. The van der Waals surface area contributed by atoms with Crippen molar-refractivity contribution in [2.45, 2.75) is 18.9 Å². The SMILES string of the molecule is O=C(COC(=O)c1cc([N+](=O)[O-])ccc1NCCO)NC[C@H]1CCCO1. The molecule has 2 rings (SSSR count). The molecular weight excluding hydrogens is 346 g/mol. The molecule has 142 valence electrons.